The van der Waals surface area contributed by atoms with Crippen molar-refractivity contribution in [3.8, 4) is 0 Å². The molecular weight excluding hydrogens is 463 g/mol. The van der Waals surface area contributed by atoms with E-state index in [1.54, 1.807) is 23.5 Å². The number of aryl methyl sites for hydroxylation is 1. The quantitative estimate of drug-likeness (QED) is 0.453. The Balaban J connectivity index is 1.58. The Bertz CT molecular complexity index is 1060. The number of benzene rings is 1. The van der Waals surface area contributed by atoms with E-state index in [9.17, 15) is 9.59 Å². The Morgan fingerprint density at radius 3 is 3.12 bits per heavy atom. The molecule has 3 aromatic rings. The van der Waals surface area contributed by atoms with Crippen molar-refractivity contribution < 1.29 is 9.53 Å². The van der Waals surface area contributed by atoms with Crippen LogP contribution in [0.15, 0.2) is 29.1 Å². The van der Waals surface area contributed by atoms with E-state index in [0.29, 0.717) is 22.7 Å². The summed E-state index contributed by atoms with van der Waals surface area (Å²) in [6, 6.07) is 7.18. The number of carbonyl (C=O) groups is 1. The predicted molar refractivity (Wildman–Crippen MR) is 110 cm³/mol. The fraction of sp³-hybridized carbons (Fsp3) is 0.316. The molecule has 1 atom stereocenters. The van der Waals surface area contributed by atoms with E-state index in [-0.39, 0.29) is 12.2 Å². The highest BCUT2D eigenvalue weighted by Crippen LogP contribution is 2.35. The van der Waals surface area contributed by atoms with Crippen molar-refractivity contribution in [2.75, 3.05) is 0 Å². The molecule has 0 radical (unpaired) electrons. The topological polar surface area (TPSA) is 72.0 Å². The second-order valence-corrected chi connectivity index (χ2v) is 8.96. The zero-order valence-corrected chi connectivity index (χ0v) is 17.1. The smallest absolute Gasteiger partial charge is 0.338 e. The third kappa shape index (κ3) is 3.42. The zero-order valence-electron chi connectivity index (χ0n) is 14.2. The van der Waals surface area contributed by atoms with Crippen molar-refractivity contribution in [3.63, 3.8) is 0 Å². The van der Waals surface area contributed by atoms with Crippen LogP contribution in [-0.2, 0) is 24.2 Å². The number of hydrogen-bond acceptors (Lipinski definition) is 5. The molecule has 0 amide bonds. The first kappa shape index (κ1) is 17.7. The Morgan fingerprint density at radius 1 is 1.46 bits per heavy atom. The summed E-state index contributed by atoms with van der Waals surface area (Å²) < 4.78 is 6.28. The van der Waals surface area contributed by atoms with Crippen molar-refractivity contribution in [2.24, 2.45) is 5.92 Å². The molecule has 0 bridgehead atoms. The first-order valence-electron chi connectivity index (χ1n) is 8.47. The van der Waals surface area contributed by atoms with Crippen LogP contribution in [0.1, 0.15) is 40.0 Å². The molecule has 4 rings (SSSR count). The minimum atomic E-state index is -0.425. The molecule has 0 spiro atoms. The number of nitrogens with zero attached hydrogens (tertiary/aromatic N) is 1. The Labute approximate surface area is 167 Å². The summed E-state index contributed by atoms with van der Waals surface area (Å²) in [4.78, 5) is 34.0. The molecule has 1 aromatic carbocycles. The van der Waals surface area contributed by atoms with E-state index < -0.39 is 5.97 Å². The van der Waals surface area contributed by atoms with Gasteiger partial charge < -0.3 is 9.72 Å². The van der Waals surface area contributed by atoms with Crippen molar-refractivity contribution in [2.45, 2.75) is 32.8 Å². The maximum atomic E-state index is 12.5. The van der Waals surface area contributed by atoms with Crippen LogP contribution in [0.25, 0.3) is 10.2 Å². The lowest BCUT2D eigenvalue weighted by molar-refractivity contribution is 0.0462. The normalized spacial score (nSPS) is 16.5. The molecule has 0 fully saturated rings. The number of rotatable bonds is 3. The summed E-state index contributed by atoms with van der Waals surface area (Å²) in [6.45, 7) is 2.19. The molecule has 0 saturated carbocycles. The van der Waals surface area contributed by atoms with Crippen LogP contribution in [-0.4, -0.2) is 15.9 Å². The minimum Gasteiger partial charge on any atom is -0.454 e. The van der Waals surface area contributed by atoms with Gasteiger partial charge >= 0.3 is 5.97 Å². The number of hydrogen-bond donors (Lipinski definition) is 1. The molecule has 26 heavy (non-hydrogen) atoms. The number of carbonyl (C=O) groups excluding carboxylic acids is 1. The molecule has 134 valence electrons. The van der Waals surface area contributed by atoms with E-state index in [1.807, 2.05) is 12.1 Å². The van der Waals surface area contributed by atoms with Crippen molar-refractivity contribution in [3.05, 3.63) is 60.0 Å². The largest absolute Gasteiger partial charge is 0.454 e. The Kier molecular flexibility index (Phi) is 4.83. The Hall–Kier alpha value is -1.74. The maximum Gasteiger partial charge on any atom is 0.338 e. The number of esters is 1. The summed E-state index contributed by atoms with van der Waals surface area (Å²) in [5.41, 5.74) is 1.50. The van der Waals surface area contributed by atoms with Crippen LogP contribution >= 0.6 is 33.9 Å². The third-order valence-corrected chi connectivity index (χ3v) is 6.43. The van der Waals surface area contributed by atoms with Crippen LogP contribution in [0.5, 0.6) is 0 Å². The number of fused-ring (bicyclic) bond motifs is 3. The van der Waals surface area contributed by atoms with Gasteiger partial charge in [0.05, 0.1) is 10.9 Å². The number of nitrogens with one attached hydrogen (secondary N) is 1. The molecule has 0 saturated heterocycles. The second-order valence-electron chi connectivity index (χ2n) is 6.63. The highest BCUT2D eigenvalue weighted by molar-refractivity contribution is 14.1. The summed E-state index contributed by atoms with van der Waals surface area (Å²) in [5, 5.41) is 0.713. The highest BCUT2D eigenvalue weighted by atomic mass is 127. The minimum absolute atomic E-state index is 0.0472. The second kappa shape index (κ2) is 7.11. The molecule has 7 heteroatoms. The first-order valence-corrected chi connectivity index (χ1v) is 10.4. The molecule has 0 unspecified atom stereocenters. The SMILES string of the molecule is C[C@H]1CCc2c(sc3nc(COC(=O)c4cccc(I)c4)[nH]c(=O)c23)C1. The monoisotopic (exact) mass is 480 g/mol. The Morgan fingerprint density at radius 2 is 2.31 bits per heavy atom. The molecule has 2 heterocycles. The van der Waals surface area contributed by atoms with Crippen molar-refractivity contribution in [1.29, 1.82) is 0 Å². The fourth-order valence-electron chi connectivity index (χ4n) is 3.29. The number of H-pyrrole nitrogens is 1. The molecule has 0 aliphatic heterocycles. The molecular formula is C19H17IN2O3S. The van der Waals surface area contributed by atoms with E-state index >= 15 is 0 Å². The van der Waals surface area contributed by atoms with Crippen LogP contribution in [0, 0.1) is 9.49 Å². The van der Waals surface area contributed by atoms with Crippen molar-refractivity contribution in [1.82, 2.24) is 9.97 Å². The van der Waals surface area contributed by atoms with Crippen LogP contribution in [0.2, 0.25) is 0 Å². The number of aromatic amines is 1. The third-order valence-electron chi connectivity index (χ3n) is 4.61. The number of aromatic nitrogens is 2. The highest BCUT2D eigenvalue weighted by Gasteiger charge is 2.23. The van der Waals surface area contributed by atoms with Gasteiger partial charge in [0.2, 0.25) is 0 Å². The van der Waals surface area contributed by atoms with E-state index in [1.165, 1.54) is 4.88 Å². The first-order chi connectivity index (χ1) is 12.5. The molecule has 1 aliphatic carbocycles. The molecule has 2 aromatic heterocycles. The van der Waals surface area contributed by atoms with Crippen LogP contribution in [0.4, 0.5) is 0 Å². The number of ether oxygens (including phenoxy) is 1. The van der Waals surface area contributed by atoms with Gasteiger partial charge in [-0.3, -0.25) is 4.79 Å². The molecule has 5 nitrogen and oxygen atoms in total. The maximum absolute atomic E-state index is 12.5. The lowest BCUT2D eigenvalue weighted by Crippen LogP contribution is -2.16. The van der Waals surface area contributed by atoms with Gasteiger partial charge in [0.25, 0.3) is 5.56 Å². The number of halogens is 1. The summed E-state index contributed by atoms with van der Waals surface area (Å²) >= 11 is 3.74. The van der Waals surface area contributed by atoms with E-state index in [4.69, 9.17) is 4.74 Å². The lowest BCUT2D eigenvalue weighted by atomic mass is 9.89. The van der Waals surface area contributed by atoms with Gasteiger partial charge in [-0.25, -0.2) is 9.78 Å². The van der Waals surface area contributed by atoms with Gasteiger partial charge in [-0.05, 0) is 71.5 Å². The van der Waals surface area contributed by atoms with Gasteiger partial charge in [0, 0.05) is 8.45 Å². The van der Waals surface area contributed by atoms with E-state index in [0.717, 1.165) is 33.2 Å². The van der Waals surface area contributed by atoms with Gasteiger partial charge in [0.1, 0.15) is 17.3 Å². The molecule has 1 aliphatic rings. The van der Waals surface area contributed by atoms with Crippen LogP contribution < -0.4 is 5.56 Å². The average molecular weight is 480 g/mol. The predicted octanol–water partition coefficient (Wildman–Crippen LogP) is 4.07. The van der Waals surface area contributed by atoms with Crippen LogP contribution in [0.3, 0.4) is 0 Å². The fourth-order valence-corrected chi connectivity index (χ4v) is 5.24. The molecule has 1 N–H and O–H groups in total. The van der Waals surface area contributed by atoms with Gasteiger partial charge in [-0.1, -0.05) is 13.0 Å². The van der Waals surface area contributed by atoms with Crippen molar-refractivity contribution >= 4 is 50.1 Å². The van der Waals surface area contributed by atoms with E-state index in [2.05, 4.69) is 39.5 Å². The standard InChI is InChI=1S/C19H17IN2O3S/c1-10-5-6-13-14(7-10)26-18-16(13)17(23)21-15(22-18)9-25-19(24)11-3-2-4-12(20)8-11/h2-4,8,10H,5-7,9H2,1H3,(H,21,22,23)/t10-/m0/s1. The summed E-state index contributed by atoms with van der Waals surface area (Å²) in [6.07, 6.45) is 3.04. The summed E-state index contributed by atoms with van der Waals surface area (Å²) in [5.74, 6) is 0.599. The number of thiophene rings is 1. The van der Waals surface area contributed by atoms with Gasteiger partial charge in [-0.2, -0.15) is 0 Å². The van der Waals surface area contributed by atoms with Gasteiger partial charge in [0.15, 0.2) is 0 Å². The summed E-state index contributed by atoms with van der Waals surface area (Å²) in [7, 11) is 0. The average Bonchev–Trinajstić information content (AvgIpc) is 2.97. The lowest BCUT2D eigenvalue weighted by Gasteiger charge is -2.17. The van der Waals surface area contributed by atoms with Gasteiger partial charge in [-0.15, -0.1) is 11.3 Å². The zero-order chi connectivity index (χ0) is 18.3.